The smallest absolute Gasteiger partial charge is 0.145 e. The molecule has 4 heteroatoms. The van der Waals surface area contributed by atoms with Gasteiger partial charge in [0.25, 0.3) is 0 Å². The van der Waals surface area contributed by atoms with Crippen molar-refractivity contribution in [2.24, 2.45) is 0 Å². The molecule has 0 unspecified atom stereocenters. The van der Waals surface area contributed by atoms with Crippen molar-refractivity contribution in [3.8, 4) is 0 Å². The van der Waals surface area contributed by atoms with E-state index in [4.69, 9.17) is 11.6 Å². The van der Waals surface area contributed by atoms with E-state index in [-0.39, 0.29) is 0 Å². The van der Waals surface area contributed by atoms with Gasteiger partial charge in [0.2, 0.25) is 0 Å². The van der Waals surface area contributed by atoms with Crippen LogP contribution < -0.4 is 5.32 Å². The van der Waals surface area contributed by atoms with Crippen LogP contribution in [0.1, 0.15) is 18.2 Å². The Morgan fingerprint density at radius 1 is 1.18 bits per heavy atom. The standard InChI is InChI=1S/C13H14ClN3/c1-2-10-5-3-7-15-12(10)9-17-13-11(14)6-4-8-16-13/h3-8H,2,9H2,1H3,(H,16,17). The van der Waals surface area contributed by atoms with Crippen LogP contribution in [0, 0.1) is 0 Å². The summed E-state index contributed by atoms with van der Waals surface area (Å²) in [4.78, 5) is 8.54. The van der Waals surface area contributed by atoms with Crippen molar-refractivity contribution < 1.29 is 0 Å². The number of hydrogen-bond donors (Lipinski definition) is 1. The van der Waals surface area contributed by atoms with E-state index in [0.717, 1.165) is 12.1 Å². The van der Waals surface area contributed by atoms with E-state index in [9.17, 15) is 0 Å². The Kier molecular flexibility index (Phi) is 3.94. The SMILES string of the molecule is CCc1cccnc1CNc1ncccc1Cl. The first-order valence-corrected chi connectivity index (χ1v) is 5.96. The fourth-order valence-corrected chi connectivity index (χ4v) is 1.82. The lowest BCUT2D eigenvalue weighted by molar-refractivity contribution is 0.965. The third kappa shape index (κ3) is 2.94. The van der Waals surface area contributed by atoms with Crippen LogP contribution in [0.2, 0.25) is 5.02 Å². The van der Waals surface area contributed by atoms with Crippen LogP contribution in [0.15, 0.2) is 36.7 Å². The Balaban J connectivity index is 2.10. The van der Waals surface area contributed by atoms with Crippen LogP contribution in [0.3, 0.4) is 0 Å². The number of halogens is 1. The molecule has 17 heavy (non-hydrogen) atoms. The number of hydrogen-bond acceptors (Lipinski definition) is 3. The van der Waals surface area contributed by atoms with Gasteiger partial charge in [-0.15, -0.1) is 0 Å². The highest BCUT2D eigenvalue weighted by molar-refractivity contribution is 6.32. The molecule has 0 atom stereocenters. The largest absolute Gasteiger partial charge is 0.363 e. The molecule has 0 aliphatic rings. The summed E-state index contributed by atoms with van der Waals surface area (Å²) in [5, 5.41) is 3.82. The highest BCUT2D eigenvalue weighted by Crippen LogP contribution is 2.18. The quantitative estimate of drug-likeness (QED) is 0.901. The van der Waals surface area contributed by atoms with E-state index in [1.807, 2.05) is 18.2 Å². The van der Waals surface area contributed by atoms with Crippen LogP contribution in [-0.4, -0.2) is 9.97 Å². The average molecular weight is 248 g/mol. The van der Waals surface area contributed by atoms with E-state index < -0.39 is 0 Å². The second kappa shape index (κ2) is 5.64. The number of rotatable bonds is 4. The molecule has 2 aromatic rings. The predicted molar refractivity (Wildman–Crippen MR) is 70.2 cm³/mol. The number of aromatic nitrogens is 2. The van der Waals surface area contributed by atoms with Gasteiger partial charge in [-0.2, -0.15) is 0 Å². The van der Waals surface area contributed by atoms with Crippen molar-refractivity contribution in [1.29, 1.82) is 0 Å². The second-order valence-electron chi connectivity index (χ2n) is 3.65. The van der Waals surface area contributed by atoms with E-state index in [2.05, 4.69) is 28.3 Å². The van der Waals surface area contributed by atoms with Gasteiger partial charge in [0.1, 0.15) is 5.82 Å². The number of anilines is 1. The van der Waals surface area contributed by atoms with Gasteiger partial charge in [-0.3, -0.25) is 4.98 Å². The molecule has 0 bridgehead atoms. The Labute approximate surface area is 106 Å². The molecule has 88 valence electrons. The number of nitrogens with zero attached hydrogens (tertiary/aromatic N) is 2. The maximum atomic E-state index is 6.02. The highest BCUT2D eigenvalue weighted by atomic mass is 35.5. The second-order valence-corrected chi connectivity index (χ2v) is 4.06. The molecule has 0 fully saturated rings. The Morgan fingerprint density at radius 3 is 2.71 bits per heavy atom. The van der Waals surface area contributed by atoms with Crippen LogP contribution in [0.5, 0.6) is 0 Å². The molecule has 0 aromatic carbocycles. The molecule has 2 heterocycles. The van der Waals surface area contributed by atoms with Crippen molar-refractivity contribution >= 4 is 17.4 Å². The first-order valence-electron chi connectivity index (χ1n) is 5.58. The van der Waals surface area contributed by atoms with Crippen molar-refractivity contribution in [3.63, 3.8) is 0 Å². The minimum Gasteiger partial charge on any atom is -0.363 e. The van der Waals surface area contributed by atoms with Gasteiger partial charge < -0.3 is 5.32 Å². The van der Waals surface area contributed by atoms with Gasteiger partial charge in [0.15, 0.2) is 0 Å². The maximum Gasteiger partial charge on any atom is 0.145 e. The zero-order valence-electron chi connectivity index (χ0n) is 9.65. The normalized spacial score (nSPS) is 10.2. The lowest BCUT2D eigenvalue weighted by Crippen LogP contribution is -2.06. The summed E-state index contributed by atoms with van der Waals surface area (Å²) in [6.07, 6.45) is 4.49. The first-order chi connectivity index (χ1) is 8.31. The molecule has 2 rings (SSSR count). The molecule has 0 radical (unpaired) electrons. The predicted octanol–water partition coefficient (Wildman–Crippen LogP) is 3.30. The first kappa shape index (κ1) is 11.9. The summed E-state index contributed by atoms with van der Waals surface area (Å²) >= 11 is 6.02. The summed E-state index contributed by atoms with van der Waals surface area (Å²) in [5.74, 6) is 0.696. The van der Waals surface area contributed by atoms with Crippen LogP contribution >= 0.6 is 11.6 Å². The minimum atomic E-state index is 0.626. The summed E-state index contributed by atoms with van der Waals surface area (Å²) < 4.78 is 0. The zero-order chi connectivity index (χ0) is 12.1. The Hall–Kier alpha value is -1.61. The minimum absolute atomic E-state index is 0.626. The number of nitrogens with one attached hydrogen (secondary N) is 1. The third-order valence-electron chi connectivity index (χ3n) is 2.55. The molecule has 0 aliphatic carbocycles. The van der Waals surface area contributed by atoms with E-state index in [1.54, 1.807) is 12.4 Å². The number of aryl methyl sites for hydroxylation is 1. The van der Waals surface area contributed by atoms with Crippen LogP contribution in [-0.2, 0) is 13.0 Å². The lowest BCUT2D eigenvalue weighted by atomic mass is 10.1. The van der Waals surface area contributed by atoms with Crippen LogP contribution in [0.4, 0.5) is 5.82 Å². The van der Waals surface area contributed by atoms with Gasteiger partial charge in [-0.05, 0) is 30.2 Å². The molecule has 2 aromatic heterocycles. The van der Waals surface area contributed by atoms with Gasteiger partial charge in [-0.25, -0.2) is 4.98 Å². The fourth-order valence-electron chi connectivity index (χ4n) is 1.64. The van der Waals surface area contributed by atoms with Gasteiger partial charge in [0.05, 0.1) is 17.3 Å². The zero-order valence-corrected chi connectivity index (χ0v) is 10.4. The molecular weight excluding hydrogens is 234 g/mol. The van der Waals surface area contributed by atoms with E-state index in [0.29, 0.717) is 17.4 Å². The third-order valence-corrected chi connectivity index (χ3v) is 2.85. The van der Waals surface area contributed by atoms with E-state index in [1.165, 1.54) is 5.56 Å². The maximum absolute atomic E-state index is 6.02. The fraction of sp³-hybridized carbons (Fsp3) is 0.231. The summed E-state index contributed by atoms with van der Waals surface area (Å²) in [6.45, 7) is 2.76. The Morgan fingerprint density at radius 2 is 1.94 bits per heavy atom. The van der Waals surface area contributed by atoms with Gasteiger partial charge in [-0.1, -0.05) is 24.6 Å². The van der Waals surface area contributed by atoms with Crippen LogP contribution in [0.25, 0.3) is 0 Å². The molecular formula is C13H14ClN3. The van der Waals surface area contributed by atoms with Crippen molar-refractivity contribution in [3.05, 3.63) is 52.9 Å². The van der Waals surface area contributed by atoms with Gasteiger partial charge in [0, 0.05) is 12.4 Å². The Bertz CT molecular complexity index is 500. The topological polar surface area (TPSA) is 37.8 Å². The lowest BCUT2D eigenvalue weighted by Gasteiger charge is -2.09. The van der Waals surface area contributed by atoms with Crippen molar-refractivity contribution in [2.45, 2.75) is 19.9 Å². The monoisotopic (exact) mass is 247 g/mol. The van der Waals surface area contributed by atoms with Gasteiger partial charge >= 0.3 is 0 Å². The van der Waals surface area contributed by atoms with E-state index >= 15 is 0 Å². The average Bonchev–Trinajstić information content (AvgIpc) is 2.38. The number of pyridine rings is 2. The molecule has 3 nitrogen and oxygen atoms in total. The summed E-state index contributed by atoms with van der Waals surface area (Å²) in [6, 6.07) is 7.67. The summed E-state index contributed by atoms with van der Waals surface area (Å²) in [5.41, 5.74) is 2.28. The molecule has 1 N–H and O–H groups in total. The van der Waals surface area contributed by atoms with Crippen molar-refractivity contribution in [1.82, 2.24) is 9.97 Å². The van der Waals surface area contributed by atoms with Crippen molar-refractivity contribution in [2.75, 3.05) is 5.32 Å². The molecule has 0 amide bonds. The molecule has 0 saturated heterocycles. The molecule has 0 aliphatic heterocycles. The summed E-state index contributed by atoms with van der Waals surface area (Å²) in [7, 11) is 0. The highest BCUT2D eigenvalue weighted by Gasteiger charge is 2.03. The molecule has 0 saturated carbocycles. The molecule has 0 spiro atoms.